The van der Waals surface area contributed by atoms with Crippen LogP contribution in [0.15, 0.2) is 12.5 Å². The first-order valence-corrected chi connectivity index (χ1v) is 9.68. The number of nitrogens with zero attached hydrogens (tertiary/aromatic N) is 3. The molecule has 1 atom stereocenters. The van der Waals surface area contributed by atoms with Crippen molar-refractivity contribution in [3.8, 4) is 0 Å². The SMILES string of the molecule is CCOC(=O)C[C@H]1CCCCN1Cc1cncn1C1CCCCC1. The van der Waals surface area contributed by atoms with Crippen LogP contribution in [0.2, 0.25) is 0 Å². The fourth-order valence-corrected chi connectivity index (χ4v) is 4.26. The molecule has 3 rings (SSSR count). The molecule has 0 radical (unpaired) electrons. The summed E-state index contributed by atoms with van der Waals surface area (Å²) in [5.41, 5.74) is 1.30. The van der Waals surface area contributed by atoms with Crippen LogP contribution in [0.1, 0.15) is 76.4 Å². The average Bonchev–Trinajstić information content (AvgIpc) is 3.06. The van der Waals surface area contributed by atoms with Gasteiger partial charge in [-0.2, -0.15) is 0 Å². The van der Waals surface area contributed by atoms with E-state index < -0.39 is 0 Å². The molecule has 0 unspecified atom stereocenters. The second kappa shape index (κ2) is 8.65. The predicted octanol–water partition coefficient (Wildman–Crippen LogP) is 3.70. The van der Waals surface area contributed by atoms with Gasteiger partial charge in [-0.1, -0.05) is 25.7 Å². The molecular formula is C19H31N3O2. The zero-order valence-electron chi connectivity index (χ0n) is 15.0. The first-order valence-electron chi connectivity index (χ1n) is 9.68. The summed E-state index contributed by atoms with van der Waals surface area (Å²) in [5.74, 6) is -0.0600. The molecule has 0 amide bonds. The Bertz CT molecular complexity index is 522. The molecule has 0 N–H and O–H groups in total. The van der Waals surface area contributed by atoms with Crippen LogP contribution in [0.3, 0.4) is 0 Å². The number of carbonyl (C=O) groups is 1. The van der Waals surface area contributed by atoms with Gasteiger partial charge in [-0.25, -0.2) is 4.98 Å². The molecule has 1 aromatic heterocycles. The minimum absolute atomic E-state index is 0.0600. The second-order valence-corrected chi connectivity index (χ2v) is 7.21. The largest absolute Gasteiger partial charge is 0.466 e. The van der Waals surface area contributed by atoms with Crippen LogP contribution >= 0.6 is 0 Å². The first kappa shape index (κ1) is 17.5. The van der Waals surface area contributed by atoms with Crippen LogP contribution < -0.4 is 0 Å². The van der Waals surface area contributed by atoms with Crippen molar-refractivity contribution in [3.05, 3.63) is 18.2 Å². The van der Waals surface area contributed by atoms with Gasteiger partial charge < -0.3 is 9.30 Å². The molecule has 0 bridgehead atoms. The molecule has 1 aliphatic heterocycles. The first-order chi connectivity index (χ1) is 11.8. The smallest absolute Gasteiger partial charge is 0.307 e. The number of piperidine rings is 1. The molecule has 2 heterocycles. The van der Waals surface area contributed by atoms with E-state index in [-0.39, 0.29) is 5.97 Å². The lowest BCUT2D eigenvalue weighted by molar-refractivity contribution is -0.145. The van der Waals surface area contributed by atoms with Gasteiger partial charge in [0.25, 0.3) is 0 Å². The maximum Gasteiger partial charge on any atom is 0.307 e. The van der Waals surface area contributed by atoms with Gasteiger partial charge >= 0.3 is 5.97 Å². The van der Waals surface area contributed by atoms with E-state index in [1.54, 1.807) is 0 Å². The van der Waals surface area contributed by atoms with Crippen molar-refractivity contribution in [2.45, 2.75) is 83.3 Å². The monoisotopic (exact) mass is 333 g/mol. The summed E-state index contributed by atoms with van der Waals surface area (Å²) >= 11 is 0. The van der Waals surface area contributed by atoms with Crippen LogP contribution in [0.4, 0.5) is 0 Å². The van der Waals surface area contributed by atoms with Crippen molar-refractivity contribution in [2.75, 3.05) is 13.2 Å². The van der Waals surface area contributed by atoms with E-state index in [4.69, 9.17) is 4.74 Å². The van der Waals surface area contributed by atoms with Crippen molar-refractivity contribution in [1.82, 2.24) is 14.5 Å². The summed E-state index contributed by atoms with van der Waals surface area (Å²) in [6.07, 6.45) is 14.6. The normalized spacial score (nSPS) is 23.3. The van der Waals surface area contributed by atoms with Crippen LogP contribution in [-0.2, 0) is 16.1 Å². The Balaban J connectivity index is 1.65. The lowest BCUT2D eigenvalue weighted by Gasteiger charge is -2.36. The molecule has 24 heavy (non-hydrogen) atoms. The minimum atomic E-state index is -0.0600. The van der Waals surface area contributed by atoms with E-state index in [1.165, 1.54) is 50.6 Å². The zero-order valence-corrected chi connectivity index (χ0v) is 15.0. The van der Waals surface area contributed by atoms with Crippen molar-refractivity contribution >= 4 is 5.97 Å². The third-order valence-electron chi connectivity index (χ3n) is 5.54. The molecule has 5 heteroatoms. The fourth-order valence-electron chi connectivity index (χ4n) is 4.26. The van der Waals surface area contributed by atoms with Gasteiger partial charge in [0.2, 0.25) is 0 Å². The van der Waals surface area contributed by atoms with E-state index in [0.29, 0.717) is 25.1 Å². The van der Waals surface area contributed by atoms with Gasteiger partial charge in [0.05, 0.1) is 25.0 Å². The number of carbonyl (C=O) groups excluding carboxylic acids is 1. The third kappa shape index (κ3) is 4.38. The van der Waals surface area contributed by atoms with Crippen LogP contribution in [-0.4, -0.2) is 39.6 Å². The topological polar surface area (TPSA) is 47.4 Å². The number of likely N-dealkylation sites (tertiary alicyclic amines) is 1. The van der Waals surface area contributed by atoms with Crippen LogP contribution in [0, 0.1) is 0 Å². The van der Waals surface area contributed by atoms with E-state index in [0.717, 1.165) is 19.5 Å². The highest BCUT2D eigenvalue weighted by Gasteiger charge is 2.27. The van der Waals surface area contributed by atoms with Crippen molar-refractivity contribution in [2.24, 2.45) is 0 Å². The number of rotatable bonds is 6. The van der Waals surface area contributed by atoms with Gasteiger partial charge in [0.1, 0.15) is 0 Å². The molecule has 0 spiro atoms. The quantitative estimate of drug-likeness (QED) is 0.745. The van der Waals surface area contributed by atoms with E-state index in [9.17, 15) is 4.79 Å². The highest BCUT2D eigenvalue weighted by atomic mass is 16.5. The summed E-state index contributed by atoms with van der Waals surface area (Å²) in [6.45, 7) is 4.32. The Morgan fingerprint density at radius 2 is 2.00 bits per heavy atom. The standard InChI is InChI=1S/C19H31N3O2/c1-2-24-19(23)12-17-10-6-7-11-21(17)14-18-13-20-15-22(18)16-8-4-3-5-9-16/h13,15-17H,2-12,14H2,1H3/t17-/m1/s1. The Kier molecular flexibility index (Phi) is 6.30. The highest BCUT2D eigenvalue weighted by molar-refractivity contribution is 5.70. The Hall–Kier alpha value is -1.36. The van der Waals surface area contributed by atoms with Gasteiger partial charge in [0, 0.05) is 24.8 Å². The molecule has 1 aliphatic carbocycles. The van der Waals surface area contributed by atoms with Crippen molar-refractivity contribution in [3.63, 3.8) is 0 Å². The van der Waals surface area contributed by atoms with Crippen molar-refractivity contribution in [1.29, 1.82) is 0 Å². The number of hydrogen-bond donors (Lipinski definition) is 0. The number of esters is 1. The third-order valence-corrected chi connectivity index (χ3v) is 5.54. The van der Waals surface area contributed by atoms with Gasteiger partial charge in [-0.15, -0.1) is 0 Å². The number of imidazole rings is 1. The molecule has 1 aromatic rings. The molecule has 0 aromatic carbocycles. The summed E-state index contributed by atoms with van der Waals surface area (Å²) in [4.78, 5) is 18.8. The number of hydrogen-bond acceptors (Lipinski definition) is 4. The maximum absolute atomic E-state index is 11.9. The molecule has 1 saturated carbocycles. The van der Waals surface area contributed by atoms with Crippen LogP contribution in [0.25, 0.3) is 0 Å². The molecular weight excluding hydrogens is 302 g/mol. The maximum atomic E-state index is 11.9. The molecule has 2 aliphatic rings. The van der Waals surface area contributed by atoms with Gasteiger partial charge in [-0.05, 0) is 39.2 Å². The summed E-state index contributed by atoms with van der Waals surface area (Å²) in [5, 5.41) is 0. The van der Waals surface area contributed by atoms with E-state index in [1.807, 2.05) is 19.4 Å². The summed E-state index contributed by atoms with van der Waals surface area (Å²) in [6, 6.07) is 0.928. The number of aromatic nitrogens is 2. The zero-order chi connectivity index (χ0) is 16.8. The lowest BCUT2D eigenvalue weighted by Crippen LogP contribution is -2.41. The predicted molar refractivity (Wildman–Crippen MR) is 93.6 cm³/mol. The minimum Gasteiger partial charge on any atom is -0.466 e. The van der Waals surface area contributed by atoms with Crippen molar-refractivity contribution < 1.29 is 9.53 Å². The Morgan fingerprint density at radius 3 is 2.79 bits per heavy atom. The molecule has 2 fully saturated rings. The van der Waals surface area contributed by atoms with Gasteiger partial charge in [-0.3, -0.25) is 9.69 Å². The highest BCUT2D eigenvalue weighted by Crippen LogP contribution is 2.30. The van der Waals surface area contributed by atoms with Crippen LogP contribution in [0.5, 0.6) is 0 Å². The molecule has 1 saturated heterocycles. The second-order valence-electron chi connectivity index (χ2n) is 7.21. The fraction of sp³-hybridized carbons (Fsp3) is 0.789. The van der Waals surface area contributed by atoms with Gasteiger partial charge in [0.15, 0.2) is 0 Å². The number of ether oxygens (including phenoxy) is 1. The molecule has 5 nitrogen and oxygen atoms in total. The van der Waals surface area contributed by atoms with E-state index in [2.05, 4.69) is 14.5 Å². The Labute approximate surface area is 145 Å². The average molecular weight is 333 g/mol. The summed E-state index contributed by atoms with van der Waals surface area (Å²) in [7, 11) is 0. The molecule has 134 valence electrons. The summed E-state index contributed by atoms with van der Waals surface area (Å²) < 4.78 is 7.56. The Morgan fingerprint density at radius 1 is 1.21 bits per heavy atom. The lowest BCUT2D eigenvalue weighted by atomic mass is 9.95. The van der Waals surface area contributed by atoms with E-state index >= 15 is 0 Å².